The number of benzene rings is 2. The van der Waals surface area contributed by atoms with Gasteiger partial charge in [-0.1, -0.05) is 23.7 Å². The van der Waals surface area contributed by atoms with E-state index in [1.54, 1.807) is 24.3 Å². The number of nitrogens with one attached hydrogen (secondary N) is 1. The van der Waals surface area contributed by atoms with Gasteiger partial charge in [0.1, 0.15) is 12.4 Å². The standard InChI is InChI=1S/C21H22ClN3O2/c1-3-25-13-12-20(24-25)15(2)23-21(26)17-6-4-16(5-7-17)14-27-19-10-8-18(22)9-11-19/h4-13,15H,3,14H2,1-2H3,(H,23,26). The largest absolute Gasteiger partial charge is 0.489 e. The zero-order valence-electron chi connectivity index (χ0n) is 15.4. The third-order valence-electron chi connectivity index (χ3n) is 4.21. The Hall–Kier alpha value is -2.79. The smallest absolute Gasteiger partial charge is 0.251 e. The Morgan fingerprint density at radius 3 is 2.48 bits per heavy atom. The summed E-state index contributed by atoms with van der Waals surface area (Å²) in [7, 11) is 0. The molecular formula is C21H22ClN3O2. The highest BCUT2D eigenvalue weighted by Crippen LogP contribution is 2.17. The van der Waals surface area contributed by atoms with Crippen LogP contribution in [0.25, 0.3) is 0 Å². The van der Waals surface area contributed by atoms with Crippen molar-refractivity contribution in [3.8, 4) is 5.75 Å². The van der Waals surface area contributed by atoms with Crippen molar-refractivity contribution in [3.63, 3.8) is 0 Å². The van der Waals surface area contributed by atoms with Gasteiger partial charge in [-0.05, 0) is 61.9 Å². The fraction of sp³-hybridized carbons (Fsp3) is 0.238. The van der Waals surface area contributed by atoms with Crippen molar-refractivity contribution in [1.82, 2.24) is 15.1 Å². The Labute approximate surface area is 163 Å². The zero-order valence-corrected chi connectivity index (χ0v) is 16.1. The maximum Gasteiger partial charge on any atom is 0.251 e. The van der Waals surface area contributed by atoms with Crippen LogP contribution in [0.4, 0.5) is 0 Å². The lowest BCUT2D eigenvalue weighted by atomic mass is 10.1. The summed E-state index contributed by atoms with van der Waals surface area (Å²) in [6.07, 6.45) is 1.91. The lowest BCUT2D eigenvalue weighted by Gasteiger charge is -2.12. The van der Waals surface area contributed by atoms with Crippen LogP contribution in [-0.4, -0.2) is 15.7 Å². The van der Waals surface area contributed by atoms with Crippen LogP contribution in [0.1, 0.15) is 41.5 Å². The van der Waals surface area contributed by atoms with Gasteiger partial charge in [-0.25, -0.2) is 0 Å². The molecule has 140 valence electrons. The molecule has 1 unspecified atom stereocenters. The first-order valence-electron chi connectivity index (χ1n) is 8.86. The van der Waals surface area contributed by atoms with Gasteiger partial charge in [0, 0.05) is 23.3 Å². The maximum atomic E-state index is 12.4. The SMILES string of the molecule is CCn1ccc(C(C)NC(=O)c2ccc(COc3ccc(Cl)cc3)cc2)n1. The van der Waals surface area contributed by atoms with E-state index in [4.69, 9.17) is 16.3 Å². The summed E-state index contributed by atoms with van der Waals surface area (Å²) in [5, 5.41) is 8.07. The Bertz CT molecular complexity index is 889. The first-order valence-corrected chi connectivity index (χ1v) is 9.24. The van der Waals surface area contributed by atoms with Crippen molar-refractivity contribution in [3.05, 3.63) is 82.6 Å². The number of ether oxygens (including phenoxy) is 1. The van der Waals surface area contributed by atoms with Gasteiger partial charge in [-0.15, -0.1) is 0 Å². The summed E-state index contributed by atoms with van der Waals surface area (Å²) < 4.78 is 7.55. The third-order valence-corrected chi connectivity index (χ3v) is 4.46. The summed E-state index contributed by atoms with van der Waals surface area (Å²) in [5.41, 5.74) is 2.43. The summed E-state index contributed by atoms with van der Waals surface area (Å²) in [4.78, 5) is 12.4. The molecule has 6 heteroatoms. The molecular weight excluding hydrogens is 362 g/mol. The second-order valence-electron chi connectivity index (χ2n) is 6.23. The molecule has 0 bridgehead atoms. The van der Waals surface area contributed by atoms with E-state index in [9.17, 15) is 4.79 Å². The van der Waals surface area contributed by atoms with Crippen LogP contribution in [0, 0.1) is 0 Å². The molecule has 1 atom stereocenters. The third kappa shape index (κ3) is 5.11. The Balaban J connectivity index is 1.55. The fourth-order valence-corrected chi connectivity index (χ4v) is 2.71. The molecule has 1 amide bonds. The van der Waals surface area contributed by atoms with Gasteiger partial charge in [0.15, 0.2) is 0 Å². The second-order valence-corrected chi connectivity index (χ2v) is 6.67. The van der Waals surface area contributed by atoms with Gasteiger partial charge >= 0.3 is 0 Å². The van der Waals surface area contributed by atoms with E-state index in [1.165, 1.54) is 0 Å². The Morgan fingerprint density at radius 2 is 1.85 bits per heavy atom. The van der Waals surface area contributed by atoms with Gasteiger partial charge in [0.2, 0.25) is 0 Å². The molecule has 0 aliphatic carbocycles. The van der Waals surface area contributed by atoms with E-state index in [1.807, 2.05) is 55.1 Å². The number of hydrogen-bond acceptors (Lipinski definition) is 3. The molecule has 0 saturated carbocycles. The summed E-state index contributed by atoms with van der Waals surface area (Å²) >= 11 is 5.86. The van der Waals surface area contributed by atoms with Crippen molar-refractivity contribution in [2.45, 2.75) is 33.0 Å². The number of aromatic nitrogens is 2. The number of rotatable bonds is 7. The predicted octanol–water partition coefficient (Wildman–Crippen LogP) is 4.63. The quantitative estimate of drug-likeness (QED) is 0.647. The Morgan fingerprint density at radius 1 is 1.15 bits per heavy atom. The van der Waals surface area contributed by atoms with Crippen molar-refractivity contribution in [2.75, 3.05) is 0 Å². The average Bonchev–Trinajstić information content (AvgIpc) is 3.17. The highest BCUT2D eigenvalue weighted by Gasteiger charge is 2.13. The molecule has 0 spiro atoms. The zero-order chi connectivity index (χ0) is 19.2. The molecule has 0 radical (unpaired) electrons. The molecule has 3 rings (SSSR count). The molecule has 1 N–H and O–H groups in total. The second kappa shape index (κ2) is 8.73. The molecule has 0 aliphatic heterocycles. The number of halogens is 1. The predicted molar refractivity (Wildman–Crippen MR) is 106 cm³/mol. The van der Waals surface area contributed by atoms with Crippen LogP contribution in [0.5, 0.6) is 5.75 Å². The van der Waals surface area contributed by atoms with Crippen LogP contribution >= 0.6 is 11.6 Å². The van der Waals surface area contributed by atoms with Crippen LogP contribution in [-0.2, 0) is 13.2 Å². The van der Waals surface area contributed by atoms with E-state index in [2.05, 4.69) is 10.4 Å². The number of aryl methyl sites for hydroxylation is 1. The average molecular weight is 384 g/mol. The summed E-state index contributed by atoms with van der Waals surface area (Å²) in [6, 6.07) is 16.4. The maximum absolute atomic E-state index is 12.4. The van der Waals surface area contributed by atoms with Crippen LogP contribution < -0.4 is 10.1 Å². The van der Waals surface area contributed by atoms with Gasteiger partial charge in [0.25, 0.3) is 5.91 Å². The minimum atomic E-state index is -0.154. The van der Waals surface area contributed by atoms with Gasteiger partial charge in [-0.3, -0.25) is 9.48 Å². The summed E-state index contributed by atoms with van der Waals surface area (Å²) in [6.45, 7) is 5.18. The molecule has 2 aromatic carbocycles. The number of nitrogens with zero attached hydrogens (tertiary/aromatic N) is 2. The van der Waals surface area contributed by atoms with E-state index in [0.717, 1.165) is 23.6 Å². The van der Waals surface area contributed by atoms with E-state index < -0.39 is 0 Å². The molecule has 1 aromatic heterocycles. The highest BCUT2D eigenvalue weighted by atomic mass is 35.5. The van der Waals surface area contributed by atoms with Crippen LogP contribution in [0.3, 0.4) is 0 Å². The van der Waals surface area contributed by atoms with Gasteiger partial charge in [-0.2, -0.15) is 5.10 Å². The molecule has 1 heterocycles. The number of amides is 1. The monoisotopic (exact) mass is 383 g/mol. The fourth-order valence-electron chi connectivity index (χ4n) is 2.59. The minimum Gasteiger partial charge on any atom is -0.489 e. The van der Waals surface area contributed by atoms with Gasteiger partial charge < -0.3 is 10.1 Å². The van der Waals surface area contributed by atoms with Crippen molar-refractivity contribution < 1.29 is 9.53 Å². The van der Waals surface area contributed by atoms with Crippen molar-refractivity contribution in [1.29, 1.82) is 0 Å². The normalized spacial score (nSPS) is 11.8. The van der Waals surface area contributed by atoms with E-state index in [0.29, 0.717) is 17.2 Å². The van der Waals surface area contributed by atoms with Crippen LogP contribution in [0.2, 0.25) is 5.02 Å². The lowest BCUT2D eigenvalue weighted by Crippen LogP contribution is -2.27. The molecule has 27 heavy (non-hydrogen) atoms. The van der Waals surface area contributed by atoms with Crippen molar-refractivity contribution >= 4 is 17.5 Å². The number of carbonyl (C=O) groups excluding carboxylic acids is 1. The highest BCUT2D eigenvalue weighted by molar-refractivity contribution is 6.30. The van der Waals surface area contributed by atoms with E-state index >= 15 is 0 Å². The van der Waals surface area contributed by atoms with Crippen molar-refractivity contribution in [2.24, 2.45) is 0 Å². The Kier molecular flexibility index (Phi) is 6.14. The first-order chi connectivity index (χ1) is 13.0. The van der Waals surface area contributed by atoms with Crippen LogP contribution in [0.15, 0.2) is 60.8 Å². The van der Waals surface area contributed by atoms with Gasteiger partial charge in [0.05, 0.1) is 11.7 Å². The lowest BCUT2D eigenvalue weighted by molar-refractivity contribution is 0.0939. The molecule has 0 aliphatic rings. The van der Waals surface area contributed by atoms with E-state index in [-0.39, 0.29) is 11.9 Å². The molecule has 3 aromatic rings. The molecule has 0 saturated heterocycles. The molecule has 0 fully saturated rings. The molecule has 5 nitrogen and oxygen atoms in total. The minimum absolute atomic E-state index is 0.126. The first kappa shape index (κ1) is 19.0. The number of carbonyl (C=O) groups is 1. The topological polar surface area (TPSA) is 56.2 Å². The number of hydrogen-bond donors (Lipinski definition) is 1. The summed E-state index contributed by atoms with van der Waals surface area (Å²) in [5.74, 6) is 0.625.